The van der Waals surface area contributed by atoms with Crippen molar-refractivity contribution in [3.05, 3.63) is 28.6 Å². The maximum atomic E-state index is 11.7. The number of rotatable bonds is 5. The summed E-state index contributed by atoms with van der Waals surface area (Å²) in [6.07, 6.45) is 0.446. The highest BCUT2D eigenvalue weighted by Crippen LogP contribution is 2.29. The minimum atomic E-state index is -0.0696. The number of benzene rings is 1. The molecule has 0 saturated carbocycles. The second kappa shape index (κ2) is 6.51. The molecule has 0 atom stereocenters. The van der Waals surface area contributed by atoms with E-state index in [-0.39, 0.29) is 5.91 Å². The molecule has 1 rings (SSSR count). The highest BCUT2D eigenvalue weighted by molar-refractivity contribution is 5.92. The number of nitrogens with one attached hydrogen (secondary N) is 1. The molecule has 96 valence electrons. The van der Waals surface area contributed by atoms with Crippen LogP contribution in [0.25, 0.3) is 10.4 Å². The second-order valence-corrected chi connectivity index (χ2v) is 4.22. The van der Waals surface area contributed by atoms with Gasteiger partial charge in [-0.2, -0.15) is 0 Å². The van der Waals surface area contributed by atoms with Gasteiger partial charge in [-0.3, -0.25) is 4.79 Å². The van der Waals surface area contributed by atoms with Crippen molar-refractivity contribution in [1.82, 2.24) is 0 Å². The van der Waals surface area contributed by atoms with Gasteiger partial charge in [0.05, 0.1) is 12.8 Å². The zero-order chi connectivity index (χ0) is 13.5. The minimum absolute atomic E-state index is 0.0696. The first kappa shape index (κ1) is 13.9. The Balaban J connectivity index is 2.88. The largest absolute Gasteiger partial charge is 0.495 e. The number of methoxy groups -OCH3 is 1. The summed E-state index contributed by atoms with van der Waals surface area (Å²) >= 11 is 0. The van der Waals surface area contributed by atoms with Crippen molar-refractivity contribution in [2.45, 2.75) is 20.3 Å². The van der Waals surface area contributed by atoms with Crippen LogP contribution in [0.4, 0.5) is 11.4 Å². The fourth-order valence-corrected chi connectivity index (χ4v) is 1.47. The molecule has 1 N–H and O–H groups in total. The second-order valence-electron chi connectivity index (χ2n) is 4.22. The Morgan fingerprint density at radius 2 is 2.28 bits per heavy atom. The topological polar surface area (TPSA) is 87.1 Å². The molecule has 0 radical (unpaired) electrons. The average molecular weight is 248 g/mol. The number of carbonyl (C=O) groups is 1. The molecule has 1 amide bonds. The van der Waals surface area contributed by atoms with E-state index >= 15 is 0 Å². The van der Waals surface area contributed by atoms with Crippen molar-refractivity contribution in [3.63, 3.8) is 0 Å². The van der Waals surface area contributed by atoms with Gasteiger partial charge in [0.2, 0.25) is 5.91 Å². The SMILES string of the molecule is COc1cc(N=[N+]=[N-])ccc1NC(=O)CC(C)C. The maximum Gasteiger partial charge on any atom is 0.224 e. The Kier molecular flexibility index (Phi) is 5.02. The van der Waals surface area contributed by atoms with Crippen molar-refractivity contribution >= 4 is 17.3 Å². The Bertz CT molecular complexity index is 479. The summed E-state index contributed by atoms with van der Waals surface area (Å²) in [7, 11) is 1.49. The van der Waals surface area contributed by atoms with E-state index in [9.17, 15) is 4.79 Å². The highest BCUT2D eigenvalue weighted by Gasteiger charge is 2.09. The Morgan fingerprint density at radius 3 is 2.83 bits per heavy atom. The van der Waals surface area contributed by atoms with Crippen LogP contribution in [0.3, 0.4) is 0 Å². The Labute approximate surface area is 106 Å². The molecule has 18 heavy (non-hydrogen) atoms. The smallest absolute Gasteiger partial charge is 0.224 e. The third-order valence-electron chi connectivity index (χ3n) is 2.21. The normalized spacial score (nSPS) is 9.78. The number of hydrogen-bond donors (Lipinski definition) is 1. The number of anilines is 1. The van der Waals surface area contributed by atoms with Gasteiger partial charge < -0.3 is 10.1 Å². The number of azide groups is 1. The van der Waals surface area contributed by atoms with Crippen LogP contribution in [0, 0.1) is 5.92 Å². The first-order valence-electron chi connectivity index (χ1n) is 5.59. The van der Waals surface area contributed by atoms with Gasteiger partial charge in [0, 0.05) is 17.0 Å². The van der Waals surface area contributed by atoms with Crippen LogP contribution in [0.15, 0.2) is 23.3 Å². The lowest BCUT2D eigenvalue weighted by atomic mass is 10.1. The molecular formula is C12H16N4O2. The van der Waals surface area contributed by atoms with Crippen LogP contribution in [-0.2, 0) is 4.79 Å². The first-order valence-corrected chi connectivity index (χ1v) is 5.59. The van der Waals surface area contributed by atoms with Crippen molar-refractivity contribution in [3.8, 4) is 5.75 Å². The lowest BCUT2D eigenvalue weighted by Crippen LogP contribution is -2.14. The standard InChI is InChI=1S/C12H16N4O2/c1-8(2)6-12(17)14-10-5-4-9(15-16-13)7-11(10)18-3/h4-5,7-8H,6H2,1-3H3,(H,14,17). The molecule has 0 fully saturated rings. The van der Waals surface area contributed by atoms with E-state index in [4.69, 9.17) is 10.3 Å². The Hall–Kier alpha value is -2.20. The zero-order valence-electron chi connectivity index (χ0n) is 10.7. The lowest BCUT2D eigenvalue weighted by molar-refractivity contribution is -0.116. The predicted molar refractivity (Wildman–Crippen MR) is 69.9 cm³/mol. The summed E-state index contributed by atoms with van der Waals surface area (Å²) in [6, 6.07) is 4.85. The molecule has 0 aliphatic rings. The van der Waals surface area contributed by atoms with Gasteiger partial charge >= 0.3 is 0 Å². The van der Waals surface area contributed by atoms with Crippen molar-refractivity contribution in [2.24, 2.45) is 11.0 Å². The molecule has 0 aliphatic heterocycles. The molecule has 0 aromatic heterocycles. The number of hydrogen-bond acceptors (Lipinski definition) is 3. The zero-order valence-corrected chi connectivity index (χ0v) is 10.7. The molecule has 0 spiro atoms. The van der Waals surface area contributed by atoms with E-state index in [1.165, 1.54) is 7.11 Å². The van der Waals surface area contributed by atoms with Crippen molar-refractivity contribution in [2.75, 3.05) is 12.4 Å². The monoisotopic (exact) mass is 248 g/mol. The molecule has 6 heteroatoms. The number of nitrogens with zero attached hydrogens (tertiary/aromatic N) is 3. The molecule has 1 aromatic rings. The van der Waals surface area contributed by atoms with Crippen molar-refractivity contribution < 1.29 is 9.53 Å². The fraction of sp³-hybridized carbons (Fsp3) is 0.417. The van der Waals surface area contributed by atoms with Crippen LogP contribution in [-0.4, -0.2) is 13.0 Å². The molecule has 0 bridgehead atoms. The number of carbonyl (C=O) groups excluding carboxylic acids is 1. The van der Waals surface area contributed by atoms with Gasteiger partial charge in [0.25, 0.3) is 0 Å². The van der Waals surface area contributed by atoms with Crippen molar-refractivity contribution in [1.29, 1.82) is 0 Å². The van der Waals surface area contributed by atoms with Crippen LogP contribution >= 0.6 is 0 Å². The van der Waals surface area contributed by atoms with E-state index in [0.717, 1.165) is 0 Å². The maximum absolute atomic E-state index is 11.7. The molecule has 0 unspecified atom stereocenters. The highest BCUT2D eigenvalue weighted by atomic mass is 16.5. The summed E-state index contributed by atoms with van der Waals surface area (Å²) in [5.41, 5.74) is 9.36. The molecule has 1 aromatic carbocycles. The average Bonchev–Trinajstić information content (AvgIpc) is 2.30. The molecule has 0 aliphatic carbocycles. The minimum Gasteiger partial charge on any atom is -0.495 e. The molecular weight excluding hydrogens is 232 g/mol. The van der Waals surface area contributed by atoms with Crippen LogP contribution in [0.1, 0.15) is 20.3 Å². The van der Waals surface area contributed by atoms with E-state index in [1.54, 1.807) is 18.2 Å². The molecule has 0 saturated heterocycles. The predicted octanol–water partition coefficient (Wildman–Crippen LogP) is 3.62. The van der Waals surface area contributed by atoms with E-state index in [0.29, 0.717) is 29.5 Å². The van der Waals surface area contributed by atoms with E-state index < -0.39 is 0 Å². The Morgan fingerprint density at radius 1 is 1.56 bits per heavy atom. The van der Waals surface area contributed by atoms with Gasteiger partial charge in [-0.1, -0.05) is 25.0 Å². The van der Waals surface area contributed by atoms with E-state index in [2.05, 4.69) is 15.3 Å². The number of ether oxygens (including phenoxy) is 1. The van der Waals surface area contributed by atoms with Gasteiger partial charge in [-0.05, 0) is 23.6 Å². The molecule has 6 nitrogen and oxygen atoms in total. The van der Waals surface area contributed by atoms with Gasteiger partial charge in [0.1, 0.15) is 5.75 Å². The lowest BCUT2D eigenvalue weighted by Gasteiger charge is -2.11. The summed E-state index contributed by atoms with van der Waals surface area (Å²) in [5.74, 6) is 0.690. The summed E-state index contributed by atoms with van der Waals surface area (Å²) in [6.45, 7) is 3.95. The van der Waals surface area contributed by atoms with Crippen LogP contribution < -0.4 is 10.1 Å². The quantitative estimate of drug-likeness (QED) is 0.490. The van der Waals surface area contributed by atoms with Gasteiger partial charge in [-0.15, -0.1) is 0 Å². The summed E-state index contributed by atoms with van der Waals surface area (Å²) in [4.78, 5) is 14.3. The fourth-order valence-electron chi connectivity index (χ4n) is 1.47. The van der Waals surface area contributed by atoms with Crippen LogP contribution in [0.2, 0.25) is 0 Å². The van der Waals surface area contributed by atoms with E-state index in [1.807, 2.05) is 13.8 Å². The van der Waals surface area contributed by atoms with Gasteiger partial charge in [0.15, 0.2) is 0 Å². The third kappa shape index (κ3) is 3.99. The first-order chi connectivity index (χ1) is 8.56. The number of amides is 1. The van der Waals surface area contributed by atoms with Gasteiger partial charge in [-0.25, -0.2) is 0 Å². The molecule has 0 heterocycles. The summed E-state index contributed by atoms with van der Waals surface area (Å²) < 4.78 is 5.14. The third-order valence-corrected chi connectivity index (χ3v) is 2.21. The van der Waals surface area contributed by atoms with Crippen LogP contribution in [0.5, 0.6) is 5.75 Å². The summed E-state index contributed by atoms with van der Waals surface area (Å²) in [5, 5.41) is 6.24.